The van der Waals surface area contributed by atoms with Crippen LogP contribution in [0.1, 0.15) is 5.56 Å². The van der Waals surface area contributed by atoms with Crippen LogP contribution in [0.3, 0.4) is 0 Å². The van der Waals surface area contributed by atoms with E-state index in [9.17, 15) is 4.39 Å². The first-order valence-electron chi connectivity index (χ1n) is 5.52. The maximum atomic E-state index is 13.4. The first-order chi connectivity index (χ1) is 8.84. The number of amidine groups is 1. The Bertz CT molecular complexity index is 687. The second-order valence-corrected chi connectivity index (χ2v) is 4.12. The van der Waals surface area contributed by atoms with Crippen LogP contribution in [0.4, 0.5) is 10.1 Å². The fourth-order valence-corrected chi connectivity index (χ4v) is 2.33. The van der Waals surface area contributed by atoms with Crippen LogP contribution in [0, 0.1) is 18.6 Å². The summed E-state index contributed by atoms with van der Waals surface area (Å²) < 4.78 is 13.4. The molecule has 0 saturated heterocycles. The average Bonchev–Trinajstić information content (AvgIpc) is 2.88. The molecule has 0 N–H and O–H groups in total. The number of anilines is 1. The van der Waals surface area contributed by atoms with Crippen molar-refractivity contribution in [2.45, 2.75) is 0 Å². The van der Waals surface area contributed by atoms with Crippen molar-refractivity contribution in [2.24, 2.45) is 5.16 Å². The van der Waals surface area contributed by atoms with Gasteiger partial charge >= 0.3 is 0 Å². The number of fused-ring (bicyclic) bond motifs is 6. The molecule has 1 radical (unpaired) electrons. The molecular weight excluding hydrogens is 423 g/mol. The van der Waals surface area contributed by atoms with Crippen molar-refractivity contribution in [1.82, 2.24) is 0 Å². The minimum Gasteiger partial charge on any atom is -0.544 e. The third-order valence-corrected chi connectivity index (χ3v) is 3.11. The van der Waals surface area contributed by atoms with Gasteiger partial charge in [-0.2, -0.15) is 24.3 Å². The molecule has 2 heterocycles. The summed E-state index contributed by atoms with van der Waals surface area (Å²) in [5.41, 5.74) is 3.54. The number of halogens is 1. The second-order valence-electron chi connectivity index (χ2n) is 4.12. The van der Waals surface area contributed by atoms with E-state index in [1.165, 1.54) is 18.9 Å². The predicted molar refractivity (Wildman–Crippen MR) is 65.1 cm³/mol. The molecule has 0 spiro atoms. The van der Waals surface area contributed by atoms with E-state index in [0.29, 0.717) is 5.84 Å². The van der Waals surface area contributed by atoms with Crippen molar-refractivity contribution in [1.29, 1.82) is 0 Å². The van der Waals surface area contributed by atoms with Gasteiger partial charge < -0.3 is 9.74 Å². The second kappa shape index (κ2) is 4.44. The number of hydrogen-bond donors (Lipinski definition) is 0. The summed E-state index contributed by atoms with van der Waals surface area (Å²) in [4.78, 5) is 6.77. The first-order valence-corrected chi connectivity index (χ1v) is 5.52. The summed E-state index contributed by atoms with van der Waals surface area (Å²) in [5, 5.41) is 3.94. The van der Waals surface area contributed by atoms with Crippen LogP contribution in [-0.2, 0) is 24.9 Å². The van der Waals surface area contributed by atoms with Gasteiger partial charge in [0.1, 0.15) is 11.7 Å². The molecule has 3 nitrogen and oxygen atoms in total. The van der Waals surface area contributed by atoms with Crippen LogP contribution < -0.4 is 4.90 Å². The summed E-state index contributed by atoms with van der Waals surface area (Å²) in [7, 11) is 0. The zero-order valence-corrected chi connectivity index (χ0v) is 12.0. The number of rotatable bonds is 0. The Labute approximate surface area is 123 Å². The fraction of sp³-hybridized carbons (Fsp3) is 0. The molecule has 0 atom stereocenters. The molecule has 2 aliphatic heterocycles. The van der Waals surface area contributed by atoms with E-state index >= 15 is 0 Å². The molecule has 2 aliphatic rings. The quantitative estimate of drug-likeness (QED) is 0.601. The predicted octanol–water partition coefficient (Wildman–Crippen LogP) is 2.92. The van der Waals surface area contributed by atoms with E-state index in [1.807, 2.05) is 18.2 Å². The summed E-state index contributed by atoms with van der Waals surface area (Å²) in [5.74, 6) is 0.311. The molecule has 0 fully saturated rings. The Morgan fingerprint density at radius 2 is 2.11 bits per heavy atom. The van der Waals surface area contributed by atoms with Crippen LogP contribution in [-0.4, -0.2) is 5.84 Å². The minimum absolute atomic E-state index is 0. The molecule has 19 heavy (non-hydrogen) atoms. The largest absolute Gasteiger partial charge is 0.544 e. The zero-order chi connectivity index (χ0) is 12.1. The van der Waals surface area contributed by atoms with Crippen LogP contribution in [0.25, 0.3) is 11.1 Å². The number of para-hydroxylation sites is 1. The van der Waals surface area contributed by atoms with Crippen molar-refractivity contribution < 1.29 is 29.3 Å². The van der Waals surface area contributed by atoms with Crippen LogP contribution in [0.5, 0.6) is 0 Å². The third kappa shape index (κ3) is 1.70. The number of oxime groups is 1. The van der Waals surface area contributed by atoms with E-state index in [4.69, 9.17) is 4.84 Å². The van der Waals surface area contributed by atoms with Crippen molar-refractivity contribution in [3.05, 3.63) is 60.6 Å². The van der Waals surface area contributed by atoms with E-state index < -0.39 is 0 Å². The maximum absolute atomic E-state index is 13.4. The number of hydrogen-bond acceptors (Lipinski definition) is 3. The molecule has 0 saturated carbocycles. The van der Waals surface area contributed by atoms with Crippen molar-refractivity contribution >= 4 is 11.5 Å². The summed E-state index contributed by atoms with van der Waals surface area (Å²) in [6, 6.07) is 13.6. The minimum atomic E-state index is -0.285. The van der Waals surface area contributed by atoms with Gasteiger partial charge in [-0.1, -0.05) is 17.3 Å². The van der Waals surface area contributed by atoms with Crippen molar-refractivity contribution in [3.8, 4) is 11.1 Å². The molecule has 4 rings (SSSR count). The average molecular weight is 430 g/mol. The number of nitrogens with zero attached hydrogens (tertiary/aromatic N) is 2. The third-order valence-electron chi connectivity index (χ3n) is 3.11. The van der Waals surface area contributed by atoms with Gasteiger partial charge in [-0.25, -0.2) is 4.39 Å². The summed E-state index contributed by atoms with van der Waals surface area (Å²) in [6.45, 7) is 1.50. The van der Waals surface area contributed by atoms with Crippen LogP contribution >= 0.6 is 0 Å². The van der Waals surface area contributed by atoms with Crippen molar-refractivity contribution in [3.63, 3.8) is 0 Å². The van der Waals surface area contributed by atoms with Gasteiger partial charge in [0.05, 0.1) is 0 Å². The molecule has 0 unspecified atom stereocenters. The molecule has 0 aromatic heterocycles. The molecule has 97 valence electrons. The molecule has 2 aromatic rings. The molecule has 5 heteroatoms. The number of benzene rings is 2. The van der Waals surface area contributed by atoms with Gasteiger partial charge in [-0.15, -0.1) is 10.7 Å². The van der Waals surface area contributed by atoms with E-state index in [1.54, 1.807) is 11.0 Å². The van der Waals surface area contributed by atoms with Crippen LogP contribution in [0.2, 0.25) is 0 Å². The molecule has 0 amide bonds. The standard InChI is InChI=1S/C14H7FN2O.Ir/c15-9-5-6-10-11-3-1-2-4-13(11)17-8-18-16-14(17)12(10)7-9;/h1-3,5-8H;/q-2;. The normalized spacial score (nSPS) is 14.6. The first kappa shape index (κ1) is 12.3. The van der Waals surface area contributed by atoms with E-state index in [0.717, 1.165) is 22.4 Å². The topological polar surface area (TPSA) is 24.8 Å². The Hall–Kier alpha value is -1.71. The van der Waals surface area contributed by atoms with Gasteiger partial charge in [0.2, 0.25) is 0 Å². The molecular formula is C14H7FIrN2O-2. The Kier molecular flexibility index (Phi) is 2.88. The Morgan fingerprint density at radius 1 is 1.21 bits per heavy atom. The Morgan fingerprint density at radius 3 is 3.00 bits per heavy atom. The maximum Gasteiger partial charge on any atom is 0.148 e. The van der Waals surface area contributed by atoms with Gasteiger partial charge in [-0.3, -0.25) is 0 Å². The smallest absolute Gasteiger partial charge is 0.148 e. The Balaban J connectivity index is 0.00000110. The van der Waals surface area contributed by atoms with Gasteiger partial charge in [0.25, 0.3) is 0 Å². The van der Waals surface area contributed by atoms with E-state index in [-0.39, 0.29) is 25.9 Å². The van der Waals surface area contributed by atoms with Crippen LogP contribution in [0.15, 0.2) is 41.6 Å². The molecule has 0 bridgehead atoms. The van der Waals surface area contributed by atoms with Gasteiger partial charge in [-0.05, 0) is 18.9 Å². The summed E-state index contributed by atoms with van der Waals surface area (Å²) in [6.07, 6.45) is 0. The molecule has 0 aliphatic carbocycles. The molecule has 2 aromatic carbocycles. The monoisotopic (exact) mass is 431 g/mol. The van der Waals surface area contributed by atoms with Gasteiger partial charge in [0.15, 0.2) is 0 Å². The SMILES string of the molecule is Fc1ccc2c(c1)C1=NO[CH-]N1c1[c-]cccc1-2.[Ir]. The van der Waals surface area contributed by atoms with Gasteiger partial charge in [0, 0.05) is 25.7 Å². The zero-order valence-electron chi connectivity index (χ0n) is 9.56. The van der Waals surface area contributed by atoms with E-state index in [2.05, 4.69) is 11.2 Å². The van der Waals surface area contributed by atoms with Crippen molar-refractivity contribution in [2.75, 3.05) is 4.90 Å². The fourth-order valence-electron chi connectivity index (χ4n) is 2.33. The summed E-state index contributed by atoms with van der Waals surface area (Å²) >= 11 is 0.